The summed E-state index contributed by atoms with van der Waals surface area (Å²) in [5.41, 5.74) is 2.01. The molecule has 0 amide bonds. The summed E-state index contributed by atoms with van der Waals surface area (Å²) < 4.78 is 5.06. The molecule has 1 heterocycles. The number of aryl methyl sites for hydroxylation is 1. The minimum absolute atomic E-state index is 0.0389. The van der Waals surface area contributed by atoms with Crippen LogP contribution in [0.4, 0.5) is 5.69 Å². The average molecular weight is 347 g/mol. The van der Waals surface area contributed by atoms with Crippen molar-refractivity contribution in [2.24, 2.45) is 0 Å². The number of nitrogens with one attached hydrogen (secondary N) is 1. The summed E-state index contributed by atoms with van der Waals surface area (Å²) in [7, 11) is 1.27. The predicted molar refractivity (Wildman–Crippen MR) is 91.7 cm³/mol. The lowest BCUT2D eigenvalue weighted by Crippen LogP contribution is -2.13. The van der Waals surface area contributed by atoms with Gasteiger partial charge in [-0.05, 0) is 25.1 Å². The Balaban J connectivity index is 2.83. The highest BCUT2D eigenvalue weighted by Crippen LogP contribution is 2.31. The summed E-state index contributed by atoms with van der Waals surface area (Å²) in [6.45, 7) is 5.44. The summed E-state index contributed by atoms with van der Waals surface area (Å²) >= 11 is 5.15. The zero-order valence-electron chi connectivity index (χ0n) is 13.7. The fourth-order valence-corrected chi connectivity index (χ4v) is 2.60. The highest BCUT2D eigenvalue weighted by Gasteiger charge is 2.24. The molecule has 0 aliphatic carbocycles. The number of benzene rings is 1. The van der Waals surface area contributed by atoms with E-state index in [4.69, 9.17) is 17.0 Å². The van der Waals surface area contributed by atoms with Crippen LogP contribution in [-0.2, 0) is 4.74 Å². The number of hydrogen-bond donors (Lipinski definition) is 1. The van der Waals surface area contributed by atoms with Crippen molar-refractivity contribution in [2.75, 3.05) is 7.11 Å². The van der Waals surface area contributed by atoms with Gasteiger partial charge in [-0.15, -0.1) is 0 Å². The number of hydrogen-bond acceptors (Lipinski definition) is 6. The fraction of sp³-hybridized carbons (Fsp3) is 0.312. The van der Waals surface area contributed by atoms with E-state index < -0.39 is 10.9 Å². The number of esters is 1. The molecule has 0 aliphatic heterocycles. The molecule has 0 atom stereocenters. The van der Waals surface area contributed by atoms with E-state index in [0.29, 0.717) is 16.8 Å². The van der Waals surface area contributed by atoms with Gasteiger partial charge in [-0.3, -0.25) is 10.1 Å². The Hall–Kier alpha value is -2.61. The lowest BCUT2D eigenvalue weighted by atomic mass is 9.97. The van der Waals surface area contributed by atoms with E-state index in [0.717, 1.165) is 0 Å². The summed E-state index contributed by atoms with van der Waals surface area (Å²) in [5, 5.41) is 11.2. The van der Waals surface area contributed by atoms with Crippen molar-refractivity contribution in [3.63, 3.8) is 0 Å². The number of ether oxygens (including phenoxy) is 1. The first kappa shape index (κ1) is 17.7. The Kier molecular flexibility index (Phi) is 5.08. The van der Waals surface area contributed by atoms with E-state index in [2.05, 4.69) is 9.97 Å². The number of aromatic nitrogens is 2. The zero-order valence-corrected chi connectivity index (χ0v) is 14.6. The minimum atomic E-state index is -0.573. The van der Waals surface area contributed by atoms with Gasteiger partial charge >= 0.3 is 5.97 Å². The fourth-order valence-electron chi connectivity index (χ4n) is 2.39. The molecule has 1 aromatic carbocycles. The van der Waals surface area contributed by atoms with Crippen LogP contribution >= 0.6 is 12.2 Å². The molecule has 0 radical (unpaired) electrons. The Labute approximate surface area is 143 Å². The summed E-state index contributed by atoms with van der Waals surface area (Å²) in [4.78, 5) is 30.1. The zero-order chi connectivity index (χ0) is 18.0. The first-order valence-corrected chi connectivity index (χ1v) is 7.65. The largest absolute Gasteiger partial charge is 0.465 e. The van der Waals surface area contributed by atoms with E-state index >= 15 is 0 Å². The van der Waals surface area contributed by atoms with E-state index in [9.17, 15) is 14.9 Å². The molecular formula is C16H17N3O4S. The van der Waals surface area contributed by atoms with Crippen LogP contribution in [0, 0.1) is 21.8 Å². The molecule has 0 bridgehead atoms. The van der Waals surface area contributed by atoms with Gasteiger partial charge in [0.25, 0.3) is 5.69 Å². The van der Waals surface area contributed by atoms with Crippen LogP contribution in [0.3, 0.4) is 0 Å². The Morgan fingerprint density at radius 3 is 2.62 bits per heavy atom. The number of carbonyl (C=O) groups is 1. The van der Waals surface area contributed by atoms with Crippen molar-refractivity contribution in [3.8, 4) is 11.3 Å². The predicted octanol–water partition coefficient (Wildman–Crippen LogP) is 3.93. The van der Waals surface area contributed by atoms with E-state index in [1.54, 1.807) is 19.1 Å². The van der Waals surface area contributed by atoms with Gasteiger partial charge in [0.05, 0.1) is 17.7 Å². The molecule has 1 N–H and O–H groups in total. The van der Waals surface area contributed by atoms with Gasteiger partial charge in [0.15, 0.2) is 4.77 Å². The van der Waals surface area contributed by atoms with Crippen molar-refractivity contribution in [2.45, 2.75) is 26.7 Å². The molecule has 0 spiro atoms. The quantitative estimate of drug-likeness (QED) is 0.389. The molecule has 0 unspecified atom stereocenters. The highest BCUT2D eigenvalue weighted by atomic mass is 32.1. The third kappa shape index (κ3) is 3.33. The minimum Gasteiger partial charge on any atom is -0.465 e. The number of nitro benzene ring substituents is 1. The lowest BCUT2D eigenvalue weighted by molar-refractivity contribution is -0.385. The Morgan fingerprint density at radius 2 is 2.08 bits per heavy atom. The van der Waals surface area contributed by atoms with Crippen molar-refractivity contribution >= 4 is 23.9 Å². The molecule has 0 aliphatic rings. The normalized spacial score (nSPS) is 10.7. The second kappa shape index (κ2) is 6.88. The van der Waals surface area contributed by atoms with Gasteiger partial charge in [0.1, 0.15) is 5.56 Å². The molecule has 0 fully saturated rings. The molecule has 2 rings (SSSR count). The van der Waals surface area contributed by atoms with Gasteiger partial charge in [0, 0.05) is 22.9 Å². The molecule has 0 saturated carbocycles. The Bertz CT molecular complexity index is 874. The van der Waals surface area contributed by atoms with Crippen LogP contribution in [-0.4, -0.2) is 28.0 Å². The van der Waals surface area contributed by atoms with Gasteiger partial charge in [-0.2, -0.15) is 0 Å². The summed E-state index contributed by atoms with van der Waals surface area (Å²) in [6, 6.07) is 4.68. The summed E-state index contributed by atoms with van der Waals surface area (Å²) in [6.07, 6.45) is 0. The maximum absolute atomic E-state index is 12.3. The SMILES string of the molecule is COC(=O)c1c(-c2ccc(C)c([N+](=O)[O-])c2)nc(=S)[nH]c1C(C)C. The topological polar surface area (TPSA) is 98.1 Å². The first-order chi connectivity index (χ1) is 11.3. The van der Waals surface area contributed by atoms with Crippen molar-refractivity contribution < 1.29 is 14.5 Å². The van der Waals surface area contributed by atoms with Gasteiger partial charge < -0.3 is 9.72 Å². The summed E-state index contributed by atoms with van der Waals surface area (Å²) in [5.74, 6) is -0.612. The molecule has 0 saturated heterocycles. The second-order valence-corrected chi connectivity index (χ2v) is 5.97. The molecule has 8 heteroatoms. The van der Waals surface area contributed by atoms with E-state index in [1.165, 1.54) is 13.2 Å². The molecule has 126 valence electrons. The van der Waals surface area contributed by atoms with Crippen LogP contribution in [0.25, 0.3) is 11.3 Å². The molecule has 1 aromatic heterocycles. The smallest absolute Gasteiger partial charge is 0.341 e. The molecule has 7 nitrogen and oxygen atoms in total. The number of methoxy groups -OCH3 is 1. The number of carbonyl (C=O) groups excluding carboxylic acids is 1. The van der Waals surface area contributed by atoms with Crippen molar-refractivity contribution in [1.82, 2.24) is 9.97 Å². The first-order valence-electron chi connectivity index (χ1n) is 7.24. The maximum atomic E-state index is 12.3. The Morgan fingerprint density at radius 1 is 1.42 bits per heavy atom. The number of H-pyrrole nitrogens is 1. The maximum Gasteiger partial charge on any atom is 0.341 e. The third-order valence-electron chi connectivity index (χ3n) is 3.61. The third-order valence-corrected chi connectivity index (χ3v) is 3.80. The lowest BCUT2D eigenvalue weighted by Gasteiger charge is -2.15. The number of aromatic amines is 1. The van der Waals surface area contributed by atoms with Gasteiger partial charge in [0.2, 0.25) is 0 Å². The number of nitrogens with zero attached hydrogens (tertiary/aromatic N) is 2. The average Bonchev–Trinajstić information content (AvgIpc) is 2.53. The van der Waals surface area contributed by atoms with Gasteiger partial charge in [-0.25, -0.2) is 9.78 Å². The van der Waals surface area contributed by atoms with Crippen LogP contribution in [0.15, 0.2) is 18.2 Å². The standard InChI is InChI=1S/C16H17N3O4S/c1-8(2)13-12(15(20)23-4)14(18-16(24)17-13)10-6-5-9(3)11(7-10)19(21)22/h5-8H,1-4H3,(H,17,18,24). The second-order valence-electron chi connectivity index (χ2n) is 5.58. The van der Waals surface area contributed by atoms with Crippen molar-refractivity contribution in [1.29, 1.82) is 0 Å². The number of nitro groups is 1. The highest BCUT2D eigenvalue weighted by molar-refractivity contribution is 7.71. The van der Waals surface area contributed by atoms with Crippen molar-refractivity contribution in [3.05, 3.63) is 49.9 Å². The molecule has 24 heavy (non-hydrogen) atoms. The molecule has 2 aromatic rings. The van der Waals surface area contributed by atoms with Crippen LogP contribution in [0.1, 0.15) is 41.4 Å². The van der Waals surface area contributed by atoms with Gasteiger partial charge in [-0.1, -0.05) is 26.0 Å². The van der Waals surface area contributed by atoms with Crippen LogP contribution in [0.5, 0.6) is 0 Å². The molecular weight excluding hydrogens is 330 g/mol. The van der Waals surface area contributed by atoms with Crippen LogP contribution < -0.4 is 0 Å². The van der Waals surface area contributed by atoms with E-state index in [-0.39, 0.29) is 27.6 Å². The van der Waals surface area contributed by atoms with E-state index in [1.807, 2.05) is 13.8 Å². The number of rotatable bonds is 4. The van der Waals surface area contributed by atoms with Crippen LogP contribution in [0.2, 0.25) is 0 Å². The monoisotopic (exact) mass is 347 g/mol.